The van der Waals surface area contributed by atoms with Gasteiger partial charge in [-0.2, -0.15) is 14.0 Å². The van der Waals surface area contributed by atoms with Crippen LogP contribution in [0.4, 0.5) is 14.5 Å². The number of aryl methyl sites for hydroxylation is 1. The molecule has 1 amide bonds. The van der Waals surface area contributed by atoms with Crippen LogP contribution in [-0.4, -0.2) is 23.6 Å². The molecule has 2 heterocycles. The van der Waals surface area contributed by atoms with E-state index >= 15 is 0 Å². The largest absolute Gasteiger partial charge is 0.435 e. The van der Waals surface area contributed by atoms with Gasteiger partial charge in [0.1, 0.15) is 11.8 Å². The molecule has 0 aliphatic carbocycles. The molecule has 1 aliphatic heterocycles. The molecule has 0 atom stereocenters. The first-order valence-electron chi connectivity index (χ1n) is 9.45. The third-order valence-electron chi connectivity index (χ3n) is 5.22. The van der Waals surface area contributed by atoms with Gasteiger partial charge in [0.15, 0.2) is 0 Å². The summed E-state index contributed by atoms with van der Waals surface area (Å²) in [7, 11) is 0. The SMILES string of the molecule is CCn1c(-c2ccc(N3CCCC3=O)cc2)c(C#N)c2ccc(OC(F)F)cc21. The number of alkyl halides is 2. The molecule has 1 aliphatic rings. The van der Waals surface area contributed by atoms with E-state index in [1.165, 1.54) is 12.1 Å². The number of ether oxygens (including phenoxy) is 1. The Morgan fingerprint density at radius 1 is 1.21 bits per heavy atom. The summed E-state index contributed by atoms with van der Waals surface area (Å²) in [4.78, 5) is 13.7. The third kappa shape index (κ3) is 3.31. The highest BCUT2D eigenvalue weighted by Crippen LogP contribution is 2.36. The van der Waals surface area contributed by atoms with Crippen molar-refractivity contribution < 1.29 is 18.3 Å². The van der Waals surface area contributed by atoms with Gasteiger partial charge in [0.05, 0.1) is 16.8 Å². The fourth-order valence-electron chi connectivity index (χ4n) is 3.97. The quantitative estimate of drug-likeness (QED) is 0.616. The Bertz CT molecular complexity index is 1110. The highest BCUT2D eigenvalue weighted by Gasteiger charge is 2.23. The monoisotopic (exact) mass is 395 g/mol. The summed E-state index contributed by atoms with van der Waals surface area (Å²) >= 11 is 0. The van der Waals surface area contributed by atoms with Gasteiger partial charge in [-0.1, -0.05) is 12.1 Å². The van der Waals surface area contributed by atoms with Crippen molar-refractivity contribution in [3.05, 3.63) is 48.0 Å². The van der Waals surface area contributed by atoms with Crippen molar-refractivity contribution in [3.63, 3.8) is 0 Å². The average molecular weight is 395 g/mol. The van der Waals surface area contributed by atoms with Crippen molar-refractivity contribution >= 4 is 22.5 Å². The molecule has 7 heteroatoms. The molecule has 0 unspecified atom stereocenters. The molecule has 4 rings (SSSR count). The van der Waals surface area contributed by atoms with E-state index in [2.05, 4.69) is 10.8 Å². The topological polar surface area (TPSA) is 58.3 Å². The summed E-state index contributed by atoms with van der Waals surface area (Å²) in [6.07, 6.45) is 1.42. The smallest absolute Gasteiger partial charge is 0.387 e. The highest BCUT2D eigenvalue weighted by atomic mass is 19.3. The number of carbonyl (C=O) groups excluding carboxylic acids is 1. The molecule has 0 bridgehead atoms. The lowest BCUT2D eigenvalue weighted by molar-refractivity contribution is -0.117. The molecule has 148 valence electrons. The molecule has 1 fully saturated rings. The van der Waals surface area contributed by atoms with Crippen LogP contribution in [0.3, 0.4) is 0 Å². The lowest BCUT2D eigenvalue weighted by Crippen LogP contribution is -2.23. The second kappa shape index (κ2) is 7.55. The van der Waals surface area contributed by atoms with Crippen LogP contribution in [0.1, 0.15) is 25.3 Å². The Balaban J connectivity index is 1.82. The standard InChI is InChI=1S/C22H19F2N3O2/c1-2-26-19-12-16(29-22(23)24)9-10-17(19)18(13-25)21(26)14-5-7-15(8-6-14)27-11-3-4-20(27)28/h5-10,12,22H,2-4,11H2,1H3. The Morgan fingerprint density at radius 3 is 2.55 bits per heavy atom. The van der Waals surface area contributed by atoms with Gasteiger partial charge in [0, 0.05) is 36.7 Å². The van der Waals surface area contributed by atoms with Gasteiger partial charge in [0.25, 0.3) is 0 Å². The number of nitriles is 1. The number of hydrogen-bond acceptors (Lipinski definition) is 3. The molecular formula is C22H19F2N3O2. The highest BCUT2D eigenvalue weighted by molar-refractivity contribution is 5.97. The summed E-state index contributed by atoms with van der Waals surface area (Å²) in [5, 5.41) is 10.5. The molecule has 0 saturated carbocycles. The number of amides is 1. The summed E-state index contributed by atoms with van der Waals surface area (Å²) in [6, 6.07) is 14.4. The van der Waals surface area contributed by atoms with Gasteiger partial charge < -0.3 is 14.2 Å². The van der Waals surface area contributed by atoms with Gasteiger partial charge in [-0.15, -0.1) is 0 Å². The molecule has 2 aromatic carbocycles. The first-order valence-corrected chi connectivity index (χ1v) is 9.45. The molecular weight excluding hydrogens is 376 g/mol. The van der Waals surface area contributed by atoms with Crippen molar-refractivity contribution in [2.24, 2.45) is 0 Å². The number of hydrogen-bond donors (Lipinski definition) is 0. The lowest BCUT2D eigenvalue weighted by Gasteiger charge is -2.16. The first kappa shape index (κ1) is 18.9. The van der Waals surface area contributed by atoms with E-state index in [-0.39, 0.29) is 11.7 Å². The van der Waals surface area contributed by atoms with Crippen molar-refractivity contribution in [2.75, 3.05) is 11.4 Å². The molecule has 3 aromatic rings. The normalized spacial score (nSPS) is 14.0. The van der Waals surface area contributed by atoms with Crippen LogP contribution in [0.5, 0.6) is 5.75 Å². The maximum Gasteiger partial charge on any atom is 0.387 e. The Hall–Kier alpha value is -3.40. The molecule has 29 heavy (non-hydrogen) atoms. The first-order chi connectivity index (χ1) is 14.0. The van der Waals surface area contributed by atoms with Crippen LogP contribution < -0.4 is 9.64 Å². The molecule has 0 N–H and O–H groups in total. The molecule has 5 nitrogen and oxygen atoms in total. The average Bonchev–Trinajstić information content (AvgIpc) is 3.27. The number of nitrogens with zero attached hydrogens (tertiary/aromatic N) is 3. The second-order valence-corrected chi connectivity index (χ2v) is 6.83. The van der Waals surface area contributed by atoms with E-state index < -0.39 is 6.61 Å². The summed E-state index contributed by atoms with van der Waals surface area (Å²) < 4.78 is 31.7. The lowest BCUT2D eigenvalue weighted by atomic mass is 10.1. The summed E-state index contributed by atoms with van der Waals surface area (Å²) in [5.74, 6) is 0.170. The van der Waals surface area contributed by atoms with E-state index in [1.54, 1.807) is 11.0 Å². The van der Waals surface area contributed by atoms with E-state index in [4.69, 9.17) is 0 Å². The Kier molecular flexibility index (Phi) is 4.93. The number of carbonyl (C=O) groups is 1. The van der Waals surface area contributed by atoms with Crippen LogP contribution in [0.15, 0.2) is 42.5 Å². The molecule has 0 spiro atoms. The third-order valence-corrected chi connectivity index (χ3v) is 5.22. The Morgan fingerprint density at radius 2 is 1.97 bits per heavy atom. The number of anilines is 1. The predicted molar refractivity (Wildman–Crippen MR) is 106 cm³/mol. The van der Waals surface area contributed by atoms with E-state index in [1.807, 2.05) is 35.8 Å². The number of benzene rings is 2. The van der Waals surface area contributed by atoms with Crippen LogP contribution in [-0.2, 0) is 11.3 Å². The number of aromatic nitrogens is 1. The molecule has 1 saturated heterocycles. The fraction of sp³-hybridized carbons (Fsp3) is 0.273. The maximum atomic E-state index is 12.6. The van der Waals surface area contributed by atoms with Crippen molar-refractivity contribution in [1.29, 1.82) is 5.26 Å². The molecule has 1 aromatic heterocycles. The van der Waals surface area contributed by atoms with Crippen LogP contribution in [0.2, 0.25) is 0 Å². The van der Waals surface area contributed by atoms with Gasteiger partial charge >= 0.3 is 6.61 Å². The van der Waals surface area contributed by atoms with Gasteiger partial charge in [0.2, 0.25) is 5.91 Å². The number of fused-ring (bicyclic) bond motifs is 1. The van der Waals surface area contributed by atoms with Crippen molar-refractivity contribution in [3.8, 4) is 23.1 Å². The maximum absolute atomic E-state index is 12.6. The van der Waals surface area contributed by atoms with Gasteiger partial charge in [-0.3, -0.25) is 4.79 Å². The van der Waals surface area contributed by atoms with Gasteiger partial charge in [-0.25, -0.2) is 0 Å². The predicted octanol–water partition coefficient (Wildman–Crippen LogP) is 4.93. The minimum Gasteiger partial charge on any atom is -0.435 e. The minimum absolute atomic E-state index is 0.0543. The summed E-state index contributed by atoms with van der Waals surface area (Å²) in [5.41, 5.74) is 3.53. The Labute approximate surface area is 166 Å². The summed E-state index contributed by atoms with van der Waals surface area (Å²) in [6.45, 7) is 0.289. The number of halogens is 2. The zero-order chi connectivity index (χ0) is 20.5. The van der Waals surface area contributed by atoms with E-state index in [0.717, 1.165) is 23.4 Å². The van der Waals surface area contributed by atoms with Crippen LogP contribution in [0, 0.1) is 11.3 Å². The molecule has 0 radical (unpaired) electrons. The zero-order valence-electron chi connectivity index (χ0n) is 15.9. The van der Waals surface area contributed by atoms with Crippen LogP contribution >= 0.6 is 0 Å². The van der Waals surface area contributed by atoms with E-state index in [0.29, 0.717) is 36.0 Å². The number of rotatable bonds is 5. The van der Waals surface area contributed by atoms with Gasteiger partial charge in [-0.05, 0) is 43.2 Å². The second-order valence-electron chi connectivity index (χ2n) is 6.83. The van der Waals surface area contributed by atoms with E-state index in [9.17, 15) is 18.8 Å². The minimum atomic E-state index is -2.91. The van der Waals surface area contributed by atoms with Crippen LogP contribution in [0.25, 0.3) is 22.2 Å². The fourth-order valence-corrected chi connectivity index (χ4v) is 3.97. The van der Waals surface area contributed by atoms with Crippen molar-refractivity contribution in [2.45, 2.75) is 32.9 Å². The zero-order valence-corrected chi connectivity index (χ0v) is 15.9. The van der Waals surface area contributed by atoms with Crippen molar-refractivity contribution in [1.82, 2.24) is 4.57 Å².